The molecule has 2 N–H and O–H groups in total. The predicted octanol–water partition coefficient (Wildman–Crippen LogP) is 5.59. The molecule has 0 radical (unpaired) electrons. The van der Waals surface area contributed by atoms with E-state index >= 15 is 0 Å². The molecule has 0 bridgehead atoms. The number of aryl methyl sites for hydroxylation is 1. The van der Waals surface area contributed by atoms with E-state index in [1.165, 1.54) is 0 Å². The van der Waals surface area contributed by atoms with E-state index in [0.717, 1.165) is 28.9 Å². The van der Waals surface area contributed by atoms with E-state index < -0.39 is 23.3 Å². The minimum absolute atomic E-state index is 0.0459. The van der Waals surface area contributed by atoms with Crippen molar-refractivity contribution in [2.24, 2.45) is 5.92 Å². The summed E-state index contributed by atoms with van der Waals surface area (Å²) in [5.41, 5.74) is 1.20. The Kier molecular flexibility index (Phi) is 7.59. The van der Waals surface area contributed by atoms with E-state index in [1.54, 1.807) is 22.4 Å². The van der Waals surface area contributed by atoms with Crippen LogP contribution in [0.3, 0.4) is 0 Å². The molecule has 3 heterocycles. The van der Waals surface area contributed by atoms with Gasteiger partial charge in [0.05, 0.1) is 33.5 Å². The van der Waals surface area contributed by atoms with Gasteiger partial charge in [-0.25, -0.2) is 14.8 Å². The maximum absolute atomic E-state index is 13.7. The van der Waals surface area contributed by atoms with Crippen molar-refractivity contribution in [3.8, 4) is 5.69 Å². The fourth-order valence-electron chi connectivity index (χ4n) is 5.39. The summed E-state index contributed by atoms with van der Waals surface area (Å²) in [6.45, 7) is 2.42. The third-order valence-corrected chi connectivity index (χ3v) is 7.61. The Balaban J connectivity index is 1.32. The van der Waals surface area contributed by atoms with Gasteiger partial charge in [-0.1, -0.05) is 23.7 Å². The van der Waals surface area contributed by atoms with E-state index in [0.29, 0.717) is 43.7 Å². The van der Waals surface area contributed by atoms with Crippen molar-refractivity contribution in [1.82, 2.24) is 24.4 Å². The van der Waals surface area contributed by atoms with Gasteiger partial charge in [0.2, 0.25) is 0 Å². The van der Waals surface area contributed by atoms with Crippen molar-refractivity contribution in [3.05, 3.63) is 81.1 Å². The fraction of sp³-hybridized carbons (Fsp3) is 0.357. The number of halogens is 4. The zero-order chi connectivity index (χ0) is 28.6. The van der Waals surface area contributed by atoms with Crippen LogP contribution < -0.4 is 16.3 Å². The first kappa shape index (κ1) is 27.7. The lowest BCUT2D eigenvalue weighted by Crippen LogP contribution is -2.39. The summed E-state index contributed by atoms with van der Waals surface area (Å²) in [6, 6.07) is 10.2. The Morgan fingerprint density at radius 3 is 2.42 bits per heavy atom. The number of hydrogen-bond acceptors (Lipinski definition) is 5. The van der Waals surface area contributed by atoms with E-state index in [4.69, 9.17) is 11.6 Å². The first-order chi connectivity index (χ1) is 19.1. The average molecular weight is 573 g/mol. The van der Waals surface area contributed by atoms with Crippen LogP contribution in [0.2, 0.25) is 5.02 Å². The number of fused-ring (bicyclic) bond motifs is 1. The molecule has 1 fully saturated rings. The lowest BCUT2D eigenvalue weighted by Gasteiger charge is -2.29. The Morgan fingerprint density at radius 2 is 1.77 bits per heavy atom. The average Bonchev–Trinajstić information content (AvgIpc) is 3.19. The Labute approximate surface area is 233 Å². The van der Waals surface area contributed by atoms with Crippen LogP contribution in [-0.2, 0) is 12.7 Å². The van der Waals surface area contributed by atoms with Gasteiger partial charge >= 0.3 is 11.9 Å². The summed E-state index contributed by atoms with van der Waals surface area (Å²) in [5, 5.41) is 5.68. The number of para-hydroxylation sites is 2. The van der Waals surface area contributed by atoms with Crippen molar-refractivity contribution < 1.29 is 18.0 Å². The van der Waals surface area contributed by atoms with Crippen LogP contribution in [0.15, 0.2) is 53.6 Å². The third-order valence-electron chi connectivity index (χ3n) is 7.41. The number of carbonyl (C=O) groups excluding carboxylic acids is 1. The van der Waals surface area contributed by atoms with Gasteiger partial charge in [-0.2, -0.15) is 13.2 Å². The summed E-state index contributed by atoms with van der Waals surface area (Å²) in [7, 11) is 1.79. The minimum Gasteiger partial charge on any atom is -0.373 e. The maximum Gasteiger partial charge on any atom is 0.434 e. The molecule has 12 heteroatoms. The second-order valence-corrected chi connectivity index (χ2v) is 10.5. The van der Waals surface area contributed by atoms with Gasteiger partial charge < -0.3 is 10.6 Å². The van der Waals surface area contributed by atoms with Crippen LogP contribution in [0, 0.1) is 12.8 Å². The van der Waals surface area contributed by atoms with Crippen molar-refractivity contribution in [3.63, 3.8) is 0 Å². The lowest BCUT2D eigenvalue weighted by atomic mass is 9.85. The SMILES string of the molecule is CNc1cc(C)c(-n2c(=O)n(C[C@H]3CC[C@H](NC(=O)c4cc(Cl)cnc4C(F)(F)F)CC3)c3ccccc32)cn1. The quantitative estimate of drug-likeness (QED) is 0.314. The van der Waals surface area contributed by atoms with E-state index in [1.807, 2.05) is 37.3 Å². The molecule has 3 aromatic heterocycles. The number of benzene rings is 1. The molecule has 4 aromatic rings. The molecular formula is C28H28ClF3N6O2. The number of hydrogen-bond donors (Lipinski definition) is 2. The number of imidazole rings is 1. The van der Waals surface area contributed by atoms with Crippen molar-refractivity contribution in [2.75, 3.05) is 12.4 Å². The first-order valence-electron chi connectivity index (χ1n) is 13.0. The van der Waals surface area contributed by atoms with Gasteiger partial charge in [0.1, 0.15) is 5.82 Å². The molecule has 1 aliphatic rings. The largest absolute Gasteiger partial charge is 0.434 e. The highest BCUT2D eigenvalue weighted by Crippen LogP contribution is 2.32. The zero-order valence-corrected chi connectivity index (χ0v) is 22.7. The van der Waals surface area contributed by atoms with Gasteiger partial charge in [-0.05, 0) is 68.4 Å². The number of alkyl halides is 3. The predicted molar refractivity (Wildman–Crippen MR) is 147 cm³/mol. The highest BCUT2D eigenvalue weighted by atomic mass is 35.5. The van der Waals surface area contributed by atoms with E-state index in [-0.39, 0.29) is 22.7 Å². The molecule has 1 saturated carbocycles. The van der Waals surface area contributed by atoms with Crippen LogP contribution in [0.5, 0.6) is 0 Å². The van der Waals surface area contributed by atoms with Crippen LogP contribution in [-0.4, -0.2) is 38.1 Å². The number of nitrogens with zero attached hydrogens (tertiary/aromatic N) is 4. The van der Waals surface area contributed by atoms with Crippen LogP contribution in [0.1, 0.15) is 47.3 Å². The molecule has 8 nitrogen and oxygen atoms in total. The number of carbonyl (C=O) groups is 1. The van der Waals surface area contributed by atoms with Gasteiger partial charge in [0.25, 0.3) is 5.91 Å². The van der Waals surface area contributed by atoms with E-state index in [2.05, 4.69) is 20.6 Å². The van der Waals surface area contributed by atoms with Gasteiger partial charge in [-0.15, -0.1) is 0 Å². The number of anilines is 1. The number of aromatic nitrogens is 4. The maximum atomic E-state index is 13.7. The number of pyridine rings is 2. The topological polar surface area (TPSA) is 93.8 Å². The standard InChI is InChI=1S/C28H28ClF3N6O2/c1-16-11-24(33-2)34-14-23(16)38-22-6-4-3-5-21(22)37(27(38)40)15-17-7-9-19(10-8-17)36-26(39)20-12-18(29)13-35-25(20)28(30,31)32/h3-6,11-14,17,19H,7-10,15H2,1-2H3,(H,33,34)(H,36,39)/t17-,19-. The van der Waals surface area contributed by atoms with Crippen molar-refractivity contribution >= 4 is 34.4 Å². The summed E-state index contributed by atoms with van der Waals surface area (Å²) in [6.07, 6.45) is 0.349. The highest BCUT2D eigenvalue weighted by molar-refractivity contribution is 6.30. The Hall–Kier alpha value is -3.86. The molecular weight excluding hydrogens is 545 g/mol. The Bertz CT molecular complexity index is 1620. The van der Waals surface area contributed by atoms with Gasteiger partial charge in [-0.3, -0.25) is 13.9 Å². The molecule has 1 aromatic carbocycles. The molecule has 1 amide bonds. The molecule has 1 aliphatic carbocycles. The van der Waals surface area contributed by atoms with Crippen LogP contribution in [0.4, 0.5) is 19.0 Å². The summed E-state index contributed by atoms with van der Waals surface area (Å²) in [5.74, 6) is 0.0241. The molecule has 0 saturated heterocycles. The van der Waals surface area contributed by atoms with Crippen molar-refractivity contribution in [1.29, 1.82) is 0 Å². The Morgan fingerprint density at radius 1 is 1.07 bits per heavy atom. The third kappa shape index (κ3) is 5.42. The molecule has 0 atom stereocenters. The van der Waals surface area contributed by atoms with Crippen LogP contribution in [0.25, 0.3) is 16.7 Å². The summed E-state index contributed by atoms with van der Waals surface area (Å²) >= 11 is 5.82. The van der Waals surface area contributed by atoms with E-state index in [9.17, 15) is 22.8 Å². The molecule has 0 spiro atoms. The fourth-order valence-corrected chi connectivity index (χ4v) is 5.54. The summed E-state index contributed by atoms with van der Waals surface area (Å²) < 4.78 is 43.6. The van der Waals surface area contributed by atoms with Gasteiger partial charge in [0, 0.05) is 25.8 Å². The summed E-state index contributed by atoms with van der Waals surface area (Å²) in [4.78, 5) is 34.2. The number of amides is 1. The molecule has 40 heavy (non-hydrogen) atoms. The first-order valence-corrected chi connectivity index (χ1v) is 13.3. The second-order valence-electron chi connectivity index (χ2n) is 10.1. The normalized spacial score (nSPS) is 17.6. The smallest absolute Gasteiger partial charge is 0.373 e. The molecule has 0 aliphatic heterocycles. The molecule has 0 unspecified atom stereocenters. The highest BCUT2D eigenvalue weighted by Gasteiger charge is 2.38. The van der Waals surface area contributed by atoms with Gasteiger partial charge in [0.15, 0.2) is 5.69 Å². The molecule has 210 valence electrons. The number of nitrogens with one attached hydrogen (secondary N) is 2. The van der Waals surface area contributed by atoms with Crippen LogP contribution >= 0.6 is 11.6 Å². The van der Waals surface area contributed by atoms with Crippen molar-refractivity contribution in [2.45, 2.75) is 51.4 Å². The monoisotopic (exact) mass is 572 g/mol. The lowest BCUT2D eigenvalue weighted by molar-refractivity contribution is -0.141. The molecule has 5 rings (SSSR count). The zero-order valence-electron chi connectivity index (χ0n) is 21.9. The number of rotatable bonds is 6. The minimum atomic E-state index is -4.77. The second kappa shape index (κ2) is 11.0.